The van der Waals surface area contributed by atoms with Gasteiger partial charge in [-0.25, -0.2) is 18.4 Å². The molecule has 0 aliphatic heterocycles. The van der Waals surface area contributed by atoms with Gasteiger partial charge in [0.25, 0.3) is 0 Å². The van der Waals surface area contributed by atoms with Crippen molar-refractivity contribution in [3.05, 3.63) is 48.1 Å². The van der Waals surface area contributed by atoms with E-state index in [4.69, 9.17) is 9.47 Å². The monoisotopic (exact) mass is 379 g/mol. The molecule has 1 aromatic heterocycles. The van der Waals surface area contributed by atoms with Crippen molar-refractivity contribution in [1.29, 1.82) is 0 Å². The Morgan fingerprint density at radius 2 is 2.00 bits per heavy atom. The third-order valence-corrected chi connectivity index (χ3v) is 4.67. The second-order valence-electron chi connectivity index (χ2n) is 5.11. The first kappa shape index (κ1) is 19.7. The van der Waals surface area contributed by atoms with Gasteiger partial charge >= 0.3 is 5.25 Å². The lowest BCUT2D eigenvalue weighted by Gasteiger charge is -2.39. The molecule has 0 spiro atoms. The first-order valence-corrected chi connectivity index (χ1v) is 8.18. The Hall–Kier alpha value is -1.65. The van der Waals surface area contributed by atoms with Crippen LogP contribution in [-0.4, -0.2) is 46.6 Å². The fourth-order valence-electron chi connectivity index (χ4n) is 2.36. The van der Waals surface area contributed by atoms with Gasteiger partial charge in [0.05, 0.1) is 13.2 Å². The molecule has 5 nitrogen and oxygen atoms in total. The second kappa shape index (κ2) is 8.15. The maximum absolute atomic E-state index is 15.1. The SMILES string of the molecule is COCCSC(F)(F)C(Cn1cncn1)(OC)c1ccc(F)cc1F. The summed E-state index contributed by atoms with van der Waals surface area (Å²) in [5.74, 6) is -2.05. The predicted octanol–water partition coefficient (Wildman–Crippen LogP) is 3.07. The summed E-state index contributed by atoms with van der Waals surface area (Å²) in [5, 5.41) is 0.229. The number of ether oxygens (including phenoxy) is 2. The van der Waals surface area contributed by atoms with E-state index in [1.165, 1.54) is 13.4 Å². The molecule has 1 aromatic carbocycles. The topological polar surface area (TPSA) is 49.2 Å². The Morgan fingerprint density at radius 3 is 2.56 bits per heavy atom. The van der Waals surface area contributed by atoms with E-state index in [9.17, 15) is 8.78 Å². The van der Waals surface area contributed by atoms with Crippen LogP contribution in [0.1, 0.15) is 5.56 Å². The highest BCUT2D eigenvalue weighted by molar-refractivity contribution is 8.00. The summed E-state index contributed by atoms with van der Waals surface area (Å²) < 4.78 is 68.8. The highest BCUT2D eigenvalue weighted by atomic mass is 32.2. The summed E-state index contributed by atoms with van der Waals surface area (Å²) in [6.07, 6.45) is 2.38. The molecule has 10 heteroatoms. The molecule has 2 aromatic rings. The average molecular weight is 379 g/mol. The van der Waals surface area contributed by atoms with Crippen LogP contribution in [0.15, 0.2) is 30.9 Å². The molecule has 1 unspecified atom stereocenters. The Morgan fingerprint density at radius 1 is 1.24 bits per heavy atom. The molecule has 0 bridgehead atoms. The summed E-state index contributed by atoms with van der Waals surface area (Å²) in [7, 11) is 2.43. The molecular formula is C15H17F4N3O2S. The maximum atomic E-state index is 15.1. The minimum atomic E-state index is -3.56. The number of hydrogen-bond acceptors (Lipinski definition) is 5. The lowest BCUT2D eigenvalue weighted by atomic mass is 9.92. The van der Waals surface area contributed by atoms with Gasteiger partial charge in [-0.3, -0.25) is 0 Å². The zero-order valence-electron chi connectivity index (χ0n) is 13.6. The minimum absolute atomic E-state index is 0.0468. The van der Waals surface area contributed by atoms with E-state index in [1.807, 2.05) is 0 Å². The van der Waals surface area contributed by atoms with Crippen molar-refractivity contribution in [2.75, 3.05) is 26.6 Å². The number of aromatic nitrogens is 3. The van der Waals surface area contributed by atoms with E-state index in [2.05, 4.69) is 10.1 Å². The number of thioether (sulfide) groups is 1. The summed E-state index contributed by atoms with van der Waals surface area (Å²) >= 11 is 0.259. The quantitative estimate of drug-likeness (QED) is 0.495. The Bertz CT molecular complexity index is 687. The smallest absolute Gasteiger partial charge is 0.328 e. The number of hydrogen-bond donors (Lipinski definition) is 0. The van der Waals surface area contributed by atoms with Crippen LogP contribution in [-0.2, 0) is 21.6 Å². The number of alkyl halides is 2. The number of nitrogens with zero attached hydrogens (tertiary/aromatic N) is 3. The van der Waals surface area contributed by atoms with Gasteiger partial charge in [0.1, 0.15) is 24.3 Å². The van der Waals surface area contributed by atoms with Gasteiger partial charge in [0.15, 0.2) is 5.60 Å². The van der Waals surface area contributed by atoms with Crippen molar-refractivity contribution >= 4 is 11.8 Å². The highest BCUT2D eigenvalue weighted by Crippen LogP contribution is 2.49. The molecule has 1 atom stereocenters. The fourth-order valence-corrected chi connectivity index (χ4v) is 3.35. The van der Waals surface area contributed by atoms with Gasteiger partial charge in [-0.1, -0.05) is 11.8 Å². The van der Waals surface area contributed by atoms with Crippen LogP contribution in [0.3, 0.4) is 0 Å². The van der Waals surface area contributed by atoms with E-state index in [0.29, 0.717) is 6.07 Å². The van der Waals surface area contributed by atoms with E-state index < -0.39 is 34.6 Å². The normalized spacial score (nSPS) is 14.5. The number of halogens is 4. The largest absolute Gasteiger partial charge is 0.384 e. The van der Waals surface area contributed by atoms with Gasteiger partial charge in [0.2, 0.25) is 0 Å². The van der Waals surface area contributed by atoms with Gasteiger partial charge in [0, 0.05) is 31.6 Å². The molecule has 138 valence electrons. The first-order chi connectivity index (χ1) is 11.9. The maximum Gasteiger partial charge on any atom is 0.328 e. The van der Waals surface area contributed by atoms with Crippen molar-refractivity contribution in [3.8, 4) is 0 Å². The Labute approximate surface area is 146 Å². The molecule has 0 radical (unpaired) electrons. The van der Waals surface area contributed by atoms with Crippen LogP contribution < -0.4 is 0 Å². The molecule has 0 amide bonds. The van der Waals surface area contributed by atoms with Crippen LogP contribution in [0.4, 0.5) is 17.6 Å². The minimum Gasteiger partial charge on any atom is -0.384 e. The highest BCUT2D eigenvalue weighted by Gasteiger charge is 2.57. The standard InChI is InChI=1S/C15H17F4N3O2S/c1-23-5-6-25-15(18,19)14(24-2,8-22-10-20-9-21-22)12-4-3-11(16)7-13(12)17/h3-4,7,9-10H,5-6,8H2,1-2H3. The van der Waals surface area contributed by atoms with Crippen molar-refractivity contribution < 1.29 is 27.0 Å². The van der Waals surface area contributed by atoms with Crippen molar-refractivity contribution in [3.63, 3.8) is 0 Å². The molecule has 0 aliphatic carbocycles. The second-order valence-corrected chi connectivity index (χ2v) is 6.32. The van der Waals surface area contributed by atoms with Crippen molar-refractivity contribution in [2.24, 2.45) is 0 Å². The van der Waals surface area contributed by atoms with E-state index in [-0.39, 0.29) is 24.1 Å². The number of benzene rings is 1. The zero-order chi connectivity index (χ0) is 18.5. The van der Waals surface area contributed by atoms with E-state index in [0.717, 1.165) is 30.3 Å². The third kappa shape index (κ3) is 4.13. The van der Waals surface area contributed by atoms with Crippen LogP contribution in [0, 0.1) is 11.6 Å². The van der Waals surface area contributed by atoms with Gasteiger partial charge in [-0.15, -0.1) is 0 Å². The van der Waals surface area contributed by atoms with Crippen LogP contribution in [0.5, 0.6) is 0 Å². The predicted molar refractivity (Wildman–Crippen MR) is 84.3 cm³/mol. The molecule has 0 fully saturated rings. The van der Waals surface area contributed by atoms with Crippen molar-refractivity contribution in [2.45, 2.75) is 17.4 Å². The summed E-state index contributed by atoms with van der Waals surface area (Å²) in [6.45, 7) is -0.436. The zero-order valence-corrected chi connectivity index (χ0v) is 14.4. The fraction of sp³-hybridized carbons (Fsp3) is 0.467. The lowest BCUT2D eigenvalue weighted by molar-refractivity contribution is -0.161. The van der Waals surface area contributed by atoms with E-state index in [1.54, 1.807) is 0 Å². The molecule has 0 saturated carbocycles. The molecule has 1 heterocycles. The van der Waals surface area contributed by atoms with Crippen molar-refractivity contribution in [1.82, 2.24) is 14.8 Å². The molecule has 2 rings (SSSR count). The number of rotatable bonds is 9. The lowest BCUT2D eigenvalue weighted by Crippen LogP contribution is -2.49. The van der Waals surface area contributed by atoms with Crippen LogP contribution in [0.2, 0.25) is 0 Å². The average Bonchev–Trinajstić information content (AvgIpc) is 3.06. The third-order valence-electron chi connectivity index (χ3n) is 3.61. The summed E-state index contributed by atoms with van der Waals surface area (Å²) in [6, 6.07) is 2.40. The van der Waals surface area contributed by atoms with Gasteiger partial charge < -0.3 is 9.47 Å². The Kier molecular flexibility index (Phi) is 6.42. The van der Waals surface area contributed by atoms with Gasteiger partial charge in [-0.2, -0.15) is 13.9 Å². The molecular weight excluding hydrogens is 362 g/mol. The summed E-state index contributed by atoms with van der Waals surface area (Å²) in [4.78, 5) is 3.70. The van der Waals surface area contributed by atoms with E-state index >= 15 is 8.78 Å². The van der Waals surface area contributed by atoms with Gasteiger partial charge in [-0.05, 0) is 12.1 Å². The molecule has 25 heavy (non-hydrogen) atoms. The van der Waals surface area contributed by atoms with Crippen LogP contribution in [0.25, 0.3) is 0 Å². The molecule has 0 N–H and O–H groups in total. The molecule has 0 aliphatic rings. The number of methoxy groups -OCH3 is 2. The van der Waals surface area contributed by atoms with Crippen LogP contribution >= 0.6 is 11.8 Å². The Balaban J connectivity index is 2.52. The summed E-state index contributed by atoms with van der Waals surface area (Å²) in [5.41, 5.74) is -2.89. The molecule has 0 saturated heterocycles. The first-order valence-electron chi connectivity index (χ1n) is 7.20.